The van der Waals surface area contributed by atoms with Gasteiger partial charge >= 0.3 is 6.03 Å². The highest BCUT2D eigenvalue weighted by molar-refractivity contribution is 7.80. The minimum absolute atomic E-state index is 0.213. The van der Waals surface area contributed by atoms with Crippen LogP contribution in [0.5, 0.6) is 0 Å². The molecule has 7 heteroatoms. The first-order valence-electron chi connectivity index (χ1n) is 5.97. The Bertz CT molecular complexity index is 263. The van der Waals surface area contributed by atoms with Crippen molar-refractivity contribution < 1.29 is 4.79 Å². The second kappa shape index (κ2) is 11.9. The Morgan fingerprint density at radius 3 is 1.78 bits per heavy atom. The summed E-state index contributed by atoms with van der Waals surface area (Å²) in [5.41, 5.74) is 0. The van der Waals surface area contributed by atoms with Gasteiger partial charge in [0.25, 0.3) is 0 Å². The van der Waals surface area contributed by atoms with Crippen molar-refractivity contribution >= 4 is 43.9 Å². The normalized spacial score (nSPS) is 9.89. The van der Waals surface area contributed by atoms with Gasteiger partial charge in [0.15, 0.2) is 0 Å². The number of nitrogens with zero attached hydrogens (tertiary/aromatic N) is 3. The van der Waals surface area contributed by atoms with Crippen LogP contribution in [0.2, 0.25) is 0 Å². The molecule has 18 heavy (non-hydrogen) atoms. The third kappa shape index (κ3) is 7.29. The fraction of sp³-hybridized carbons (Fsp3) is 0.818. The van der Waals surface area contributed by atoms with Crippen LogP contribution in [0.3, 0.4) is 0 Å². The number of thiol groups is 3. The van der Waals surface area contributed by atoms with Crippen molar-refractivity contribution in [2.45, 2.75) is 19.3 Å². The molecule has 0 heterocycles. The van der Waals surface area contributed by atoms with E-state index < -0.39 is 0 Å². The van der Waals surface area contributed by atoms with Gasteiger partial charge in [-0.3, -0.25) is 0 Å². The van der Waals surface area contributed by atoms with Crippen molar-refractivity contribution in [3.05, 3.63) is 11.5 Å². The van der Waals surface area contributed by atoms with Crippen molar-refractivity contribution in [1.29, 1.82) is 0 Å². The summed E-state index contributed by atoms with van der Waals surface area (Å²) >= 11 is 12.4. The minimum Gasteiger partial charge on any atom is -0.320 e. The van der Waals surface area contributed by atoms with E-state index in [1.54, 1.807) is 4.90 Å². The molecular weight excluding hydrogens is 286 g/mol. The molecule has 2 amide bonds. The molecule has 0 bridgehead atoms. The predicted octanol–water partition coefficient (Wildman–Crippen LogP) is 2.50. The number of hydrogen-bond donors (Lipinski definition) is 3. The van der Waals surface area contributed by atoms with Crippen LogP contribution < -0.4 is 0 Å². The predicted molar refractivity (Wildman–Crippen MR) is 85.7 cm³/mol. The largest absolute Gasteiger partial charge is 0.385 e. The van der Waals surface area contributed by atoms with Gasteiger partial charge in [0, 0.05) is 13.1 Å². The Hall–Kier alpha value is -0.190. The molecule has 0 aromatic heterocycles. The Labute approximate surface area is 126 Å². The van der Waals surface area contributed by atoms with Crippen LogP contribution in [0, 0.1) is 6.57 Å². The summed E-state index contributed by atoms with van der Waals surface area (Å²) in [5.74, 6) is 2.14. The fourth-order valence-electron chi connectivity index (χ4n) is 1.40. The van der Waals surface area contributed by atoms with E-state index in [-0.39, 0.29) is 6.03 Å². The van der Waals surface area contributed by atoms with Gasteiger partial charge in [0.2, 0.25) is 0 Å². The lowest BCUT2D eigenvalue weighted by Gasteiger charge is -2.23. The van der Waals surface area contributed by atoms with E-state index in [2.05, 4.69) is 42.8 Å². The van der Waals surface area contributed by atoms with Crippen molar-refractivity contribution in [3.63, 3.8) is 0 Å². The number of rotatable bonds is 9. The molecule has 0 saturated heterocycles. The highest BCUT2D eigenvalue weighted by Gasteiger charge is 2.23. The van der Waals surface area contributed by atoms with Crippen LogP contribution in [0.1, 0.15) is 19.3 Å². The molecule has 0 saturated carbocycles. The van der Waals surface area contributed by atoms with Crippen LogP contribution in [0.25, 0.3) is 4.95 Å². The van der Waals surface area contributed by atoms with E-state index >= 15 is 0 Å². The molecule has 0 aromatic rings. The van der Waals surface area contributed by atoms with Gasteiger partial charge in [-0.1, -0.05) is 0 Å². The van der Waals surface area contributed by atoms with Crippen LogP contribution in [0.4, 0.5) is 4.79 Å². The number of carbonyl (C=O) groups excluding carboxylic acids is 1. The number of hydrogen-bond acceptors (Lipinski definition) is 4. The Kier molecular flexibility index (Phi) is 11.8. The summed E-state index contributed by atoms with van der Waals surface area (Å²) in [6.07, 6.45) is 2.39. The van der Waals surface area contributed by atoms with E-state index in [1.165, 1.54) is 5.01 Å². The first kappa shape index (κ1) is 17.8. The van der Waals surface area contributed by atoms with Crippen LogP contribution in [-0.2, 0) is 0 Å². The lowest BCUT2D eigenvalue weighted by atomic mass is 10.3. The molecule has 0 rings (SSSR count). The van der Waals surface area contributed by atoms with Gasteiger partial charge in [0.1, 0.15) is 0 Å². The highest BCUT2D eigenvalue weighted by Crippen LogP contribution is 2.05. The summed E-state index contributed by atoms with van der Waals surface area (Å²) in [7, 11) is 0. The molecule has 0 aliphatic carbocycles. The molecule has 4 nitrogen and oxygen atoms in total. The molecule has 104 valence electrons. The van der Waals surface area contributed by atoms with Gasteiger partial charge in [-0.2, -0.15) is 49.4 Å². The van der Waals surface area contributed by atoms with E-state index in [4.69, 9.17) is 6.57 Å². The van der Waals surface area contributed by atoms with Gasteiger partial charge in [-0.05, 0) is 41.5 Å². The van der Waals surface area contributed by atoms with Gasteiger partial charge in [0.05, 0.1) is 6.54 Å². The smallest absolute Gasteiger partial charge is 0.320 e. The third-order valence-electron chi connectivity index (χ3n) is 2.31. The Balaban J connectivity index is 4.43. The minimum atomic E-state index is -0.213. The zero-order chi connectivity index (χ0) is 13.8. The quantitative estimate of drug-likeness (QED) is 0.341. The zero-order valence-corrected chi connectivity index (χ0v) is 13.1. The fourth-order valence-corrected chi connectivity index (χ4v) is 1.82. The standard InChI is InChI=1S/C11H21N3OS3/c1-12-14(7-4-10-18)11(15)13(5-2-8-16)6-3-9-17/h16-18H,2-10H2. The molecule has 0 fully saturated rings. The zero-order valence-electron chi connectivity index (χ0n) is 10.5. The third-order valence-corrected chi connectivity index (χ3v) is 3.26. The van der Waals surface area contributed by atoms with Gasteiger partial charge in [-0.15, -0.1) is 0 Å². The van der Waals surface area contributed by atoms with E-state index in [0.29, 0.717) is 25.4 Å². The summed E-state index contributed by atoms with van der Waals surface area (Å²) in [4.78, 5) is 17.1. The van der Waals surface area contributed by atoms with Gasteiger partial charge < -0.3 is 4.90 Å². The van der Waals surface area contributed by atoms with E-state index in [9.17, 15) is 4.79 Å². The van der Waals surface area contributed by atoms with E-state index in [1.807, 2.05) is 0 Å². The average Bonchev–Trinajstić information content (AvgIpc) is 2.39. The maximum absolute atomic E-state index is 12.2. The lowest BCUT2D eigenvalue weighted by Crippen LogP contribution is -2.41. The average molecular weight is 308 g/mol. The SMILES string of the molecule is [C-]#[N+]N(CCCS)C(=O)N(CCCS)CCCS. The number of amides is 2. The molecule has 0 aromatic carbocycles. The molecular formula is C11H21N3OS3. The van der Waals surface area contributed by atoms with E-state index in [0.717, 1.165) is 30.8 Å². The molecule has 0 N–H and O–H groups in total. The maximum atomic E-state index is 12.2. The summed E-state index contributed by atoms with van der Waals surface area (Å²) < 4.78 is 0. The van der Waals surface area contributed by atoms with Gasteiger partial charge in [-0.25, -0.2) is 4.79 Å². The van der Waals surface area contributed by atoms with Crippen LogP contribution in [-0.4, -0.2) is 52.8 Å². The number of urea groups is 1. The molecule has 0 radical (unpaired) electrons. The van der Waals surface area contributed by atoms with Crippen LogP contribution >= 0.6 is 37.9 Å². The first-order valence-corrected chi connectivity index (χ1v) is 7.87. The molecule has 0 spiro atoms. The van der Waals surface area contributed by atoms with Crippen LogP contribution in [0.15, 0.2) is 0 Å². The lowest BCUT2D eigenvalue weighted by molar-refractivity contribution is 0.168. The second-order valence-electron chi connectivity index (χ2n) is 3.72. The number of carbonyl (C=O) groups is 1. The molecule has 0 unspecified atom stereocenters. The Morgan fingerprint density at radius 1 is 0.944 bits per heavy atom. The van der Waals surface area contributed by atoms with Crippen molar-refractivity contribution in [2.75, 3.05) is 36.9 Å². The summed E-state index contributed by atoms with van der Waals surface area (Å²) in [6, 6.07) is -0.213. The summed E-state index contributed by atoms with van der Waals surface area (Å²) in [6.45, 7) is 8.78. The Morgan fingerprint density at radius 2 is 1.39 bits per heavy atom. The highest BCUT2D eigenvalue weighted by atomic mass is 32.1. The molecule has 0 atom stereocenters. The van der Waals surface area contributed by atoms with Crippen molar-refractivity contribution in [1.82, 2.24) is 9.91 Å². The second-order valence-corrected chi connectivity index (χ2v) is 5.07. The first-order chi connectivity index (χ1) is 8.71. The monoisotopic (exact) mass is 307 g/mol. The topological polar surface area (TPSA) is 27.9 Å². The summed E-state index contributed by atoms with van der Waals surface area (Å²) in [5, 5.41) is 1.19. The molecule has 0 aliphatic rings. The maximum Gasteiger partial charge on any atom is 0.385 e. The van der Waals surface area contributed by atoms with Crippen molar-refractivity contribution in [2.24, 2.45) is 0 Å². The van der Waals surface area contributed by atoms with Crippen molar-refractivity contribution in [3.8, 4) is 0 Å². The molecule has 0 aliphatic heterocycles.